The van der Waals surface area contributed by atoms with Gasteiger partial charge in [-0.2, -0.15) is 0 Å². The summed E-state index contributed by atoms with van der Waals surface area (Å²) in [5.74, 6) is 2.49. The Hall–Kier alpha value is -2.04. The molecule has 1 aromatic rings. The topological polar surface area (TPSA) is 84.2 Å². The van der Waals surface area contributed by atoms with Gasteiger partial charge in [0.1, 0.15) is 6.04 Å². The molecule has 0 radical (unpaired) electrons. The van der Waals surface area contributed by atoms with Crippen LogP contribution in [0, 0.1) is 23.7 Å². The van der Waals surface area contributed by atoms with Crippen LogP contribution in [0.4, 0.5) is 10.5 Å². The fourth-order valence-corrected chi connectivity index (χ4v) is 6.28. The number of rotatable bonds is 5. The minimum Gasteiger partial charge on any atom is -0.352 e. The van der Waals surface area contributed by atoms with Crippen LogP contribution in [-0.4, -0.2) is 18.0 Å². The minimum atomic E-state index is -0.680. The molecule has 0 heterocycles. The Morgan fingerprint density at radius 3 is 1.96 bits per heavy atom. The van der Waals surface area contributed by atoms with Crippen molar-refractivity contribution in [1.29, 1.82) is 0 Å². The molecule has 4 saturated carbocycles. The standard InChI is InChI=1S/C22H31N3O2/c1-13(2)19(25-21(23)27)20(26)24-18-5-3-17(4-6-18)22-10-14-7-15(11-22)9-16(8-14)12-22/h3-6,13-16,19H,7-12H2,1-2H3,(H,24,26)(H3,23,25,27)/t14?,15?,16?,19-,22?/m1/s1. The van der Waals surface area contributed by atoms with Crippen LogP contribution >= 0.6 is 0 Å². The van der Waals surface area contributed by atoms with Gasteiger partial charge in [0.25, 0.3) is 0 Å². The number of benzene rings is 1. The highest BCUT2D eigenvalue weighted by atomic mass is 16.2. The maximum atomic E-state index is 12.5. The first-order valence-electron chi connectivity index (χ1n) is 10.3. The monoisotopic (exact) mass is 369 g/mol. The molecule has 0 aromatic heterocycles. The molecule has 0 spiro atoms. The van der Waals surface area contributed by atoms with Crippen molar-refractivity contribution in [1.82, 2.24) is 5.32 Å². The number of nitrogens with one attached hydrogen (secondary N) is 2. The van der Waals surface area contributed by atoms with E-state index in [9.17, 15) is 9.59 Å². The van der Waals surface area contributed by atoms with Gasteiger partial charge in [0.05, 0.1) is 0 Å². The van der Waals surface area contributed by atoms with Crippen molar-refractivity contribution < 1.29 is 9.59 Å². The highest BCUT2D eigenvalue weighted by Gasteiger charge is 2.51. The third-order valence-electron chi connectivity index (χ3n) is 7.05. The van der Waals surface area contributed by atoms with Crippen LogP contribution in [0.15, 0.2) is 24.3 Å². The minimum absolute atomic E-state index is 0.0381. The number of carbonyl (C=O) groups excluding carboxylic acids is 2. The normalized spacial score (nSPS) is 32.3. The maximum Gasteiger partial charge on any atom is 0.312 e. The van der Waals surface area contributed by atoms with E-state index in [1.807, 2.05) is 26.0 Å². The van der Waals surface area contributed by atoms with Crippen LogP contribution in [-0.2, 0) is 10.2 Å². The number of amides is 3. The summed E-state index contributed by atoms with van der Waals surface area (Å²) in [7, 11) is 0. The lowest BCUT2D eigenvalue weighted by molar-refractivity contribution is -0.118. The fraction of sp³-hybridized carbons (Fsp3) is 0.636. The quantitative estimate of drug-likeness (QED) is 0.738. The summed E-state index contributed by atoms with van der Waals surface area (Å²) in [4.78, 5) is 23.7. The van der Waals surface area contributed by atoms with Crippen molar-refractivity contribution in [2.75, 3.05) is 5.32 Å². The summed E-state index contributed by atoms with van der Waals surface area (Å²) in [6.07, 6.45) is 8.33. The summed E-state index contributed by atoms with van der Waals surface area (Å²) in [5, 5.41) is 5.45. The second kappa shape index (κ2) is 6.84. The third kappa shape index (κ3) is 3.56. The van der Waals surface area contributed by atoms with Crippen molar-refractivity contribution in [3.05, 3.63) is 29.8 Å². The van der Waals surface area contributed by atoms with Crippen LogP contribution < -0.4 is 16.4 Å². The molecule has 0 aliphatic heterocycles. The molecule has 5 heteroatoms. The van der Waals surface area contributed by atoms with Gasteiger partial charge in [-0.05, 0) is 85.3 Å². The first kappa shape index (κ1) is 18.3. The fourth-order valence-electron chi connectivity index (χ4n) is 6.28. The lowest BCUT2D eigenvalue weighted by Crippen LogP contribution is -2.49. The summed E-state index contributed by atoms with van der Waals surface area (Å²) >= 11 is 0. The Bertz CT molecular complexity index is 690. The molecule has 4 bridgehead atoms. The van der Waals surface area contributed by atoms with Gasteiger partial charge in [0.15, 0.2) is 0 Å². The highest BCUT2D eigenvalue weighted by Crippen LogP contribution is 2.60. The largest absolute Gasteiger partial charge is 0.352 e. The molecule has 4 fully saturated rings. The van der Waals surface area contributed by atoms with Gasteiger partial charge in [-0.1, -0.05) is 26.0 Å². The van der Waals surface area contributed by atoms with E-state index in [1.165, 1.54) is 44.1 Å². The van der Waals surface area contributed by atoms with Gasteiger partial charge in [-0.15, -0.1) is 0 Å². The molecular formula is C22H31N3O2. The van der Waals surface area contributed by atoms with E-state index in [-0.39, 0.29) is 11.8 Å². The van der Waals surface area contributed by atoms with E-state index in [2.05, 4.69) is 22.8 Å². The van der Waals surface area contributed by atoms with Crippen molar-refractivity contribution >= 4 is 17.6 Å². The van der Waals surface area contributed by atoms with Crippen molar-refractivity contribution in [2.24, 2.45) is 29.4 Å². The maximum absolute atomic E-state index is 12.5. The predicted molar refractivity (Wildman–Crippen MR) is 106 cm³/mol. The van der Waals surface area contributed by atoms with Crippen LogP contribution in [0.3, 0.4) is 0 Å². The zero-order chi connectivity index (χ0) is 19.2. The highest BCUT2D eigenvalue weighted by molar-refractivity contribution is 5.97. The predicted octanol–water partition coefficient (Wildman–Crippen LogP) is 3.79. The van der Waals surface area contributed by atoms with Crippen LogP contribution in [0.2, 0.25) is 0 Å². The van der Waals surface area contributed by atoms with Gasteiger partial charge in [0.2, 0.25) is 5.91 Å². The van der Waals surface area contributed by atoms with E-state index in [4.69, 9.17) is 5.73 Å². The Balaban J connectivity index is 1.46. The molecular weight excluding hydrogens is 338 g/mol. The van der Waals surface area contributed by atoms with E-state index in [1.54, 1.807) is 0 Å². The van der Waals surface area contributed by atoms with Crippen molar-refractivity contribution in [3.8, 4) is 0 Å². The molecule has 0 saturated heterocycles. The van der Waals surface area contributed by atoms with Gasteiger partial charge in [-0.25, -0.2) is 4.79 Å². The first-order chi connectivity index (χ1) is 12.8. The first-order valence-corrected chi connectivity index (χ1v) is 10.3. The van der Waals surface area contributed by atoms with Gasteiger partial charge < -0.3 is 16.4 Å². The molecule has 4 N–H and O–H groups in total. The van der Waals surface area contributed by atoms with Crippen molar-refractivity contribution in [2.45, 2.75) is 63.8 Å². The van der Waals surface area contributed by atoms with Crippen LogP contribution in [0.1, 0.15) is 57.9 Å². The number of urea groups is 1. The number of carbonyl (C=O) groups is 2. The molecule has 5 rings (SSSR count). The summed E-state index contributed by atoms with van der Waals surface area (Å²) in [6.45, 7) is 3.77. The van der Waals surface area contributed by atoms with Gasteiger partial charge in [-0.3, -0.25) is 4.79 Å². The van der Waals surface area contributed by atoms with E-state index in [0.29, 0.717) is 5.41 Å². The molecule has 27 heavy (non-hydrogen) atoms. The van der Waals surface area contributed by atoms with Crippen molar-refractivity contribution in [3.63, 3.8) is 0 Å². The smallest absolute Gasteiger partial charge is 0.312 e. The second-order valence-corrected chi connectivity index (χ2v) is 9.49. The number of hydrogen-bond donors (Lipinski definition) is 3. The molecule has 1 aromatic carbocycles. The Labute approximate surface area is 161 Å². The average molecular weight is 370 g/mol. The molecule has 1 atom stereocenters. The molecule has 4 aliphatic rings. The summed E-state index contributed by atoms with van der Waals surface area (Å²) < 4.78 is 0. The Kier molecular flexibility index (Phi) is 4.65. The zero-order valence-electron chi connectivity index (χ0n) is 16.3. The molecule has 4 aliphatic carbocycles. The summed E-state index contributed by atoms with van der Waals surface area (Å²) in [6, 6.07) is 7.11. The van der Waals surface area contributed by atoms with E-state index >= 15 is 0 Å². The average Bonchev–Trinajstić information content (AvgIpc) is 2.58. The van der Waals surface area contributed by atoms with E-state index < -0.39 is 12.1 Å². The Morgan fingerprint density at radius 1 is 1.00 bits per heavy atom. The number of anilines is 1. The number of nitrogens with two attached hydrogens (primary N) is 1. The second-order valence-electron chi connectivity index (χ2n) is 9.49. The molecule has 5 nitrogen and oxygen atoms in total. The third-order valence-corrected chi connectivity index (χ3v) is 7.05. The van der Waals surface area contributed by atoms with Gasteiger partial charge in [0, 0.05) is 5.69 Å². The zero-order valence-corrected chi connectivity index (χ0v) is 16.3. The molecule has 3 amide bonds. The van der Waals surface area contributed by atoms with E-state index in [0.717, 1.165) is 23.4 Å². The van der Waals surface area contributed by atoms with Gasteiger partial charge >= 0.3 is 6.03 Å². The molecule has 146 valence electrons. The lowest BCUT2D eigenvalue weighted by atomic mass is 9.48. The van der Waals surface area contributed by atoms with Crippen LogP contribution in [0.25, 0.3) is 0 Å². The number of primary amides is 1. The molecule has 0 unspecified atom stereocenters. The summed E-state index contributed by atoms with van der Waals surface area (Å²) in [5.41, 5.74) is 7.77. The Morgan fingerprint density at radius 2 is 1.52 bits per heavy atom. The SMILES string of the molecule is CC(C)[C@@H](NC(N)=O)C(=O)Nc1ccc(C23CC4CC(CC(C4)C2)C3)cc1. The van der Waals surface area contributed by atoms with Crippen LogP contribution in [0.5, 0.6) is 0 Å². The number of hydrogen-bond acceptors (Lipinski definition) is 2. The lowest BCUT2D eigenvalue weighted by Gasteiger charge is -2.57.